The summed E-state index contributed by atoms with van der Waals surface area (Å²) in [4.78, 5) is 0. The summed E-state index contributed by atoms with van der Waals surface area (Å²) in [6, 6.07) is 0. The number of hydrogen-bond acceptors (Lipinski definition) is 2. The Bertz CT molecular complexity index is 174. The number of aliphatic hydroxyl groups is 1. The molecule has 0 aromatic heterocycles. The van der Waals surface area contributed by atoms with Crippen molar-refractivity contribution in [1.82, 2.24) is 0 Å². The molecule has 1 saturated heterocycles. The molecule has 70 valence electrons. The zero-order valence-electron chi connectivity index (χ0n) is 8.13. The first-order chi connectivity index (χ1) is 5.43. The van der Waals surface area contributed by atoms with Gasteiger partial charge in [-0.1, -0.05) is 0 Å². The summed E-state index contributed by atoms with van der Waals surface area (Å²) in [6.45, 7) is 6.96. The predicted molar refractivity (Wildman–Crippen MR) is 46.9 cm³/mol. The third-order valence-corrected chi connectivity index (χ3v) is 3.77. The summed E-state index contributed by atoms with van der Waals surface area (Å²) in [6.07, 6.45) is 2.06. The van der Waals surface area contributed by atoms with E-state index >= 15 is 0 Å². The summed E-state index contributed by atoms with van der Waals surface area (Å²) in [5, 5.41) is 10.0. The Morgan fingerprint density at radius 2 is 1.92 bits per heavy atom. The van der Waals surface area contributed by atoms with Gasteiger partial charge in [0.25, 0.3) is 0 Å². The Balaban J connectivity index is 2.23. The standard InChI is InChI=1S/C10H18O2/c1-9(2)7-4-5-10(3,11)8(7)6-12-9/h7-8,11H,4-6H2,1-3H3/t7-,8-,10-/m1/s1. The van der Waals surface area contributed by atoms with Gasteiger partial charge in [0, 0.05) is 5.92 Å². The van der Waals surface area contributed by atoms with Gasteiger partial charge >= 0.3 is 0 Å². The van der Waals surface area contributed by atoms with Crippen LogP contribution in [0.2, 0.25) is 0 Å². The predicted octanol–water partition coefficient (Wildman–Crippen LogP) is 1.57. The maximum atomic E-state index is 10.0. The lowest BCUT2D eigenvalue weighted by atomic mass is 9.82. The van der Waals surface area contributed by atoms with Crippen LogP contribution in [0, 0.1) is 11.8 Å². The third kappa shape index (κ3) is 1.01. The topological polar surface area (TPSA) is 29.5 Å². The lowest BCUT2D eigenvalue weighted by molar-refractivity contribution is -0.0126. The monoisotopic (exact) mass is 170 g/mol. The van der Waals surface area contributed by atoms with E-state index in [2.05, 4.69) is 13.8 Å². The van der Waals surface area contributed by atoms with E-state index in [0.717, 1.165) is 19.4 Å². The number of hydrogen-bond donors (Lipinski definition) is 1. The minimum atomic E-state index is -0.474. The lowest BCUT2D eigenvalue weighted by Gasteiger charge is -2.25. The lowest BCUT2D eigenvalue weighted by Crippen LogP contribution is -2.33. The SMILES string of the molecule is CC1(C)OC[C@@H]2[C@H]1CC[C@@]2(C)O. The van der Waals surface area contributed by atoms with Gasteiger partial charge in [0.1, 0.15) is 0 Å². The molecule has 2 rings (SSSR count). The highest BCUT2D eigenvalue weighted by Crippen LogP contribution is 2.50. The van der Waals surface area contributed by atoms with E-state index in [0.29, 0.717) is 11.8 Å². The Labute approximate surface area is 73.9 Å². The van der Waals surface area contributed by atoms with Crippen LogP contribution in [0.25, 0.3) is 0 Å². The quantitative estimate of drug-likeness (QED) is 0.598. The zero-order chi connectivity index (χ0) is 8.98. The van der Waals surface area contributed by atoms with Gasteiger partial charge in [-0.3, -0.25) is 0 Å². The van der Waals surface area contributed by atoms with Gasteiger partial charge < -0.3 is 9.84 Å². The first-order valence-electron chi connectivity index (χ1n) is 4.80. The van der Waals surface area contributed by atoms with Crippen LogP contribution in [0.5, 0.6) is 0 Å². The summed E-state index contributed by atoms with van der Waals surface area (Å²) < 4.78 is 5.68. The number of fused-ring (bicyclic) bond motifs is 1. The second-order valence-corrected chi connectivity index (χ2v) is 5.02. The molecule has 1 heterocycles. The molecule has 2 heteroatoms. The largest absolute Gasteiger partial charge is 0.390 e. The number of ether oxygens (including phenoxy) is 1. The van der Waals surface area contributed by atoms with Crippen LogP contribution in [0.3, 0.4) is 0 Å². The molecule has 1 aliphatic carbocycles. The fraction of sp³-hybridized carbons (Fsp3) is 1.00. The molecule has 0 bridgehead atoms. The molecule has 1 saturated carbocycles. The highest BCUT2D eigenvalue weighted by Gasteiger charge is 2.54. The van der Waals surface area contributed by atoms with Crippen LogP contribution in [-0.2, 0) is 4.74 Å². The van der Waals surface area contributed by atoms with Crippen LogP contribution in [0.1, 0.15) is 33.6 Å². The van der Waals surface area contributed by atoms with Gasteiger partial charge in [0.2, 0.25) is 0 Å². The molecule has 0 aromatic rings. The maximum absolute atomic E-state index is 10.0. The van der Waals surface area contributed by atoms with E-state index in [1.165, 1.54) is 0 Å². The van der Waals surface area contributed by atoms with Gasteiger partial charge in [0.15, 0.2) is 0 Å². The van der Waals surface area contributed by atoms with Crippen LogP contribution in [0.15, 0.2) is 0 Å². The van der Waals surface area contributed by atoms with Gasteiger partial charge in [-0.05, 0) is 39.5 Å². The first kappa shape index (κ1) is 8.52. The average molecular weight is 170 g/mol. The first-order valence-corrected chi connectivity index (χ1v) is 4.80. The van der Waals surface area contributed by atoms with Crippen LogP contribution >= 0.6 is 0 Å². The van der Waals surface area contributed by atoms with Crippen molar-refractivity contribution in [2.75, 3.05) is 6.61 Å². The van der Waals surface area contributed by atoms with Crippen molar-refractivity contribution >= 4 is 0 Å². The second kappa shape index (κ2) is 2.24. The van der Waals surface area contributed by atoms with Crippen molar-refractivity contribution in [3.05, 3.63) is 0 Å². The van der Waals surface area contributed by atoms with E-state index in [4.69, 9.17) is 4.74 Å². The normalized spacial score (nSPS) is 51.0. The smallest absolute Gasteiger partial charge is 0.0673 e. The molecule has 0 aromatic carbocycles. The molecule has 0 unspecified atom stereocenters. The Morgan fingerprint density at radius 1 is 1.25 bits per heavy atom. The third-order valence-electron chi connectivity index (χ3n) is 3.77. The van der Waals surface area contributed by atoms with E-state index in [1.54, 1.807) is 0 Å². The van der Waals surface area contributed by atoms with Crippen molar-refractivity contribution in [3.8, 4) is 0 Å². The van der Waals surface area contributed by atoms with Gasteiger partial charge in [-0.2, -0.15) is 0 Å². The summed E-state index contributed by atoms with van der Waals surface area (Å²) in [5.41, 5.74) is -0.483. The minimum Gasteiger partial charge on any atom is -0.390 e. The van der Waals surface area contributed by atoms with Crippen molar-refractivity contribution < 1.29 is 9.84 Å². The Kier molecular flexibility index (Phi) is 1.59. The molecule has 2 fully saturated rings. The van der Waals surface area contributed by atoms with E-state index in [1.807, 2.05) is 6.92 Å². The molecule has 12 heavy (non-hydrogen) atoms. The molecule has 1 N–H and O–H groups in total. The minimum absolute atomic E-state index is 0.00877. The molecular weight excluding hydrogens is 152 g/mol. The van der Waals surface area contributed by atoms with Crippen molar-refractivity contribution in [1.29, 1.82) is 0 Å². The second-order valence-electron chi connectivity index (χ2n) is 5.02. The molecule has 0 spiro atoms. The summed E-state index contributed by atoms with van der Waals surface area (Å²) in [7, 11) is 0. The zero-order valence-corrected chi connectivity index (χ0v) is 8.13. The molecule has 0 amide bonds. The Hall–Kier alpha value is -0.0800. The molecule has 2 aliphatic rings. The van der Waals surface area contributed by atoms with Crippen LogP contribution in [-0.4, -0.2) is 22.9 Å². The highest BCUT2D eigenvalue weighted by atomic mass is 16.5. The van der Waals surface area contributed by atoms with Crippen molar-refractivity contribution in [2.24, 2.45) is 11.8 Å². The Morgan fingerprint density at radius 3 is 2.50 bits per heavy atom. The molecule has 3 atom stereocenters. The van der Waals surface area contributed by atoms with Gasteiger partial charge in [0.05, 0.1) is 17.8 Å². The van der Waals surface area contributed by atoms with E-state index in [9.17, 15) is 5.11 Å². The van der Waals surface area contributed by atoms with Crippen molar-refractivity contribution in [2.45, 2.75) is 44.8 Å². The fourth-order valence-electron chi connectivity index (χ4n) is 2.81. The molecule has 0 radical (unpaired) electrons. The molecule has 1 aliphatic heterocycles. The van der Waals surface area contributed by atoms with E-state index in [-0.39, 0.29) is 5.60 Å². The van der Waals surface area contributed by atoms with Crippen LogP contribution < -0.4 is 0 Å². The average Bonchev–Trinajstić information content (AvgIpc) is 2.36. The number of rotatable bonds is 0. The fourth-order valence-corrected chi connectivity index (χ4v) is 2.81. The maximum Gasteiger partial charge on any atom is 0.0673 e. The highest BCUT2D eigenvalue weighted by molar-refractivity contribution is 5.03. The molecular formula is C10H18O2. The van der Waals surface area contributed by atoms with Gasteiger partial charge in [-0.25, -0.2) is 0 Å². The van der Waals surface area contributed by atoms with E-state index < -0.39 is 5.60 Å². The van der Waals surface area contributed by atoms with Crippen LogP contribution in [0.4, 0.5) is 0 Å². The summed E-state index contributed by atoms with van der Waals surface area (Å²) in [5.74, 6) is 0.931. The van der Waals surface area contributed by atoms with Gasteiger partial charge in [-0.15, -0.1) is 0 Å². The summed E-state index contributed by atoms with van der Waals surface area (Å²) >= 11 is 0. The van der Waals surface area contributed by atoms with Crippen molar-refractivity contribution in [3.63, 3.8) is 0 Å². The molecule has 2 nitrogen and oxygen atoms in total.